The van der Waals surface area contributed by atoms with Crippen LogP contribution in [-0.4, -0.2) is 16.0 Å². The summed E-state index contributed by atoms with van der Waals surface area (Å²) in [7, 11) is 0. The molecule has 0 aliphatic carbocycles. The normalized spacial score (nSPS) is 26.9. The number of rotatable bonds is 0. The van der Waals surface area contributed by atoms with Crippen LogP contribution in [0.4, 0.5) is 0 Å². The molecule has 2 atom stereocenters. The summed E-state index contributed by atoms with van der Waals surface area (Å²) in [5.41, 5.74) is 1.71. The Labute approximate surface area is 76.4 Å². The van der Waals surface area contributed by atoms with Crippen molar-refractivity contribution < 1.29 is 0 Å². The van der Waals surface area contributed by atoms with E-state index in [4.69, 9.17) is 0 Å². The van der Waals surface area contributed by atoms with E-state index in [2.05, 4.69) is 22.2 Å². The zero-order valence-electron chi connectivity index (χ0n) is 7.79. The van der Waals surface area contributed by atoms with Gasteiger partial charge in [-0.2, -0.15) is 0 Å². The van der Waals surface area contributed by atoms with Crippen molar-refractivity contribution in [2.24, 2.45) is 0 Å². The summed E-state index contributed by atoms with van der Waals surface area (Å²) in [5.74, 6) is 0. The Kier molecular flexibility index (Phi) is 1.92. The molecule has 0 saturated carbocycles. The minimum Gasteiger partial charge on any atom is -0.313 e. The van der Waals surface area contributed by atoms with Gasteiger partial charge in [-0.3, -0.25) is 4.79 Å². The number of hydrogen-bond donors (Lipinski definition) is 2. The molecule has 0 fully saturated rings. The molecule has 2 N–H and O–H groups in total. The van der Waals surface area contributed by atoms with Crippen LogP contribution in [0.3, 0.4) is 0 Å². The lowest BCUT2D eigenvalue weighted by Gasteiger charge is -2.26. The summed E-state index contributed by atoms with van der Waals surface area (Å²) >= 11 is 0. The first-order chi connectivity index (χ1) is 6.18. The number of aromatic amines is 1. The highest BCUT2D eigenvalue weighted by Gasteiger charge is 2.23. The number of fused-ring (bicyclic) bond motifs is 1. The third-order valence-electron chi connectivity index (χ3n) is 2.44. The minimum atomic E-state index is -0.0168. The van der Waals surface area contributed by atoms with Crippen molar-refractivity contribution in [1.82, 2.24) is 15.3 Å². The smallest absolute Gasteiger partial charge is 0.255 e. The first kappa shape index (κ1) is 8.44. The fourth-order valence-corrected chi connectivity index (χ4v) is 1.92. The molecule has 0 radical (unpaired) electrons. The van der Waals surface area contributed by atoms with Crippen LogP contribution in [0.15, 0.2) is 11.1 Å². The average molecular weight is 179 g/mol. The maximum atomic E-state index is 11.4. The van der Waals surface area contributed by atoms with Gasteiger partial charge in [0.2, 0.25) is 0 Å². The van der Waals surface area contributed by atoms with Crippen molar-refractivity contribution in [3.8, 4) is 0 Å². The highest BCUT2D eigenvalue weighted by atomic mass is 16.1. The summed E-state index contributed by atoms with van der Waals surface area (Å²) in [6.45, 7) is 4.09. The molecule has 2 heterocycles. The zero-order valence-corrected chi connectivity index (χ0v) is 7.79. The second-order valence-electron chi connectivity index (χ2n) is 3.59. The van der Waals surface area contributed by atoms with Crippen molar-refractivity contribution in [2.75, 3.05) is 0 Å². The van der Waals surface area contributed by atoms with E-state index in [1.807, 2.05) is 6.92 Å². The van der Waals surface area contributed by atoms with Gasteiger partial charge in [0.05, 0.1) is 17.6 Å². The average Bonchev–Trinajstić information content (AvgIpc) is 2.02. The highest BCUT2D eigenvalue weighted by molar-refractivity contribution is 5.23. The van der Waals surface area contributed by atoms with Gasteiger partial charge < -0.3 is 10.3 Å². The van der Waals surface area contributed by atoms with E-state index in [0.717, 1.165) is 17.7 Å². The first-order valence-electron chi connectivity index (χ1n) is 4.51. The zero-order chi connectivity index (χ0) is 9.42. The molecular weight excluding hydrogens is 166 g/mol. The molecule has 13 heavy (non-hydrogen) atoms. The van der Waals surface area contributed by atoms with Gasteiger partial charge in [-0.15, -0.1) is 0 Å². The Bertz CT molecular complexity index is 371. The van der Waals surface area contributed by atoms with Crippen LogP contribution in [0.25, 0.3) is 0 Å². The van der Waals surface area contributed by atoms with E-state index in [-0.39, 0.29) is 11.6 Å². The number of hydrogen-bond acceptors (Lipinski definition) is 3. The van der Waals surface area contributed by atoms with Crippen LogP contribution in [0, 0.1) is 0 Å². The van der Waals surface area contributed by atoms with Gasteiger partial charge in [0.25, 0.3) is 5.56 Å². The number of H-pyrrole nitrogens is 1. The summed E-state index contributed by atoms with van der Waals surface area (Å²) < 4.78 is 0. The molecule has 0 amide bonds. The van der Waals surface area contributed by atoms with Crippen LogP contribution in [-0.2, 0) is 6.42 Å². The third-order valence-corrected chi connectivity index (χ3v) is 2.44. The molecule has 4 heteroatoms. The maximum Gasteiger partial charge on any atom is 0.255 e. The summed E-state index contributed by atoms with van der Waals surface area (Å²) in [6, 6.07) is 0.507. The lowest BCUT2D eigenvalue weighted by molar-refractivity contribution is 0.434. The van der Waals surface area contributed by atoms with Crippen molar-refractivity contribution in [3.05, 3.63) is 27.9 Å². The molecule has 1 aromatic heterocycles. The third kappa shape index (κ3) is 1.37. The standard InChI is InChI=1S/C9H13N3O/c1-5-3-7-8(6(2)12-5)9(13)11-4-10-7/h4-6,12H,3H2,1-2H3,(H,10,11,13). The molecule has 70 valence electrons. The summed E-state index contributed by atoms with van der Waals surface area (Å²) in [6.07, 6.45) is 2.32. The van der Waals surface area contributed by atoms with Crippen molar-refractivity contribution in [1.29, 1.82) is 0 Å². The van der Waals surface area contributed by atoms with E-state index < -0.39 is 0 Å². The lowest BCUT2D eigenvalue weighted by Crippen LogP contribution is -2.40. The molecule has 0 aromatic carbocycles. The van der Waals surface area contributed by atoms with E-state index in [1.165, 1.54) is 6.33 Å². The predicted molar refractivity (Wildman–Crippen MR) is 49.6 cm³/mol. The maximum absolute atomic E-state index is 11.4. The van der Waals surface area contributed by atoms with E-state index in [9.17, 15) is 4.79 Å². The quantitative estimate of drug-likeness (QED) is 0.604. The number of aromatic nitrogens is 2. The summed E-state index contributed by atoms with van der Waals surface area (Å²) in [4.78, 5) is 18.2. The largest absolute Gasteiger partial charge is 0.313 e. The van der Waals surface area contributed by atoms with Gasteiger partial charge in [-0.1, -0.05) is 0 Å². The Balaban J connectivity index is 2.55. The van der Waals surface area contributed by atoms with Gasteiger partial charge in [-0.25, -0.2) is 4.98 Å². The van der Waals surface area contributed by atoms with E-state index in [1.54, 1.807) is 0 Å². The lowest BCUT2D eigenvalue weighted by atomic mass is 9.97. The topological polar surface area (TPSA) is 57.8 Å². The van der Waals surface area contributed by atoms with E-state index in [0.29, 0.717) is 6.04 Å². The molecule has 0 bridgehead atoms. The van der Waals surface area contributed by atoms with Gasteiger partial charge in [0, 0.05) is 18.5 Å². The SMILES string of the molecule is CC1Cc2nc[nH]c(=O)c2C(C)N1. The molecular formula is C9H13N3O. The monoisotopic (exact) mass is 179 g/mol. The molecule has 1 aliphatic rings. The molecule has 4 nitrogen and oxygen atoms in total. The van der Waals surface area contributed by atoms with Crippen LogP contribution >= 0.6 is 0 Å². The fraction of sp³-hybridized carbons (Fsp3) is 0.556. The van der Waals surface area contributed by atoms with Crippen LogP contribution in [0.5, 0.6) is 0 Å². The van der Waals surface area contributed by atoms with Crippen LogP contribution in [0.1, 0.15) is 31.1 Å². The van der Waals surface area contributed by atoms with Gasteiger partial charge in [0.15, 0.2) is 0 Å². The molecule has 1 aromatic rings. The fourth-order valence-electron chi connectivity index (χ4n) is 1.92. The molecule has 0 saturated heterocycles. The van der Waals surface area contributed by atoms with Crippen molar-refractivity contribution in [3.63, 3.8) is 0 Å². The molecule has 1 aliphatic heterocycles. The van der Waals surface area contributed by atoms with Crippen LogP contribution < -0.4 is 10.9 Å². The molecule has 0 spiro atoms. The molecule has 2 rings (SSSR count). The second-order valence-corrected chi connectivity index (χ2v) is 3.59. The predicted octanol–water partition coefficient (Wildman–Crippen LogP) is 0.365. The molecule has 2 unspecified atom stereocenters. The summed E-state index contributed by atoms with van der Waals surface area (Å²) in [5, 5.41) is 3.32. The van der Waals surface area contributed by atoms with Gasteiger partial charge in [0.1, 0.15) is 0 Å². The first-order valence-corrected chi connectivity index (χ1v) is 4.51. The Hall–Kier alpha value is -1.16. The minimum absolute atomic E-state index is 0.0168. The Morgan fingerprint density at radius 1 is 1.54 bits per heavy atom. The highest BCUT2D eigenvalue weighted by Crippen LogP contribution is 2.18. The van der Waals surface area contributed by atoms with Crippen molar-refractivity contribution in [2.45, 2.75) is 32.4 Å². The number of nitrogens with zero attached hydrogens (tertiary/aromatic N) is 1. The van der Waals surface area contributed by atoms with Gasteiger partial charge in [-0.05, 0) is 13.8 Å². The Morgan fingerprint density at radius 3 is 3.08 bits per heavy atom. The second kappa shape index (κ2) is 2.96. The van der Waals surface area contributed by atoms with E-state index >= 15 is 0 Å². The number of nitrogens with one attached hydrogen (secondary N) is 2. The Morgan fingerprint density at radius 2 is 2.31 bits per heavy atom. The van der Waals surface area contributed by atoms with Crippen molar-refractivity contribution >= 4 is 0 Å². The van der Waals surface area contributed by atoms with Crippen LogP contribution in [0.2, 0.25) is 0 Å². The van der Waals surface area contributed by atoms with Gasteiger partial charge >= 0.3 is 0 Å².